The van der Waals surface area contributed by atoms with E-state index in [2.05, 4.69) is 26.6 Å². The van der Waals surface area contributed by atoms with Crippen LogP contribution in [0.3, 0.4) is 0 Å². The van der Waals surface area contributed by atoms with Gasteiger partial charge in [-0.2, -0.15) is 0 Å². The number of para-hydroxylation sites is 1. The van der Waals surface area contributed by atoms with E-state index in [0.717, 1.165) is 10.2 Å². The van der Waals surface area contributed by atoms with Gasteiger partial charge in [-0.05, 0) is 61.5 Å². The van der Waals surface area contributed by atoms with Crippen molar-refractivity contribution in [3.63, 3.8) is 0 Å². The van der Waals surface area contributed by atoms with Gasteiger partial charge in [0.1, 0.15) is 18.1 Å². The summed E-state index contributed by atoms with van der Waals surface area (Å²) in [5.74, 6) is 0.399. The molecule has 0 aliphatic heterocycles. The molecule has 7 nitrogen and oxygen atoms in total. The molecule has 2 N–H and O–H groups in total. The Hall–Kier alpha value is -3.36. The minimum Gasteiger partial charge on any atom is -0.494 e. The fourth-order valence-corrected chi connectivity index (χ4v) is 3.38. The van der Waals surface area contributed by atoms with Gasteiger partial charge in [0.2, 0.25) is 0 Å². The molecular formula is C25H25BrN2O5. The third-order valence-electron chi connectivity index (χ3n) is 4.57. The number of amides is 2. The number of halogens is 1. The quantitative estimate of drug-likeness (QED) is 0.356. The summed E-state index contributed by atoms with van der Waals surface area (Å²) in [5, 5.41) is 5.67. The van der Waals surface area contributed by atoms with Crippen molar-refractivity contribution in [1.29, 1.82) is 0 Å². The zero-order valence-electron chi connectivity index (χ0n) is 18.4. The van der Waals surface area contributed by atoms with E-state index in [0.29, 0.717) is 48.1 Å². The van der Waals surface area contributed by atoms with Gasteiger partial charge in [0, 0.05) is 17.3 Å². The monoisotopic (exact) mass is 512 g/mol. The van der Waals surface area contributed by atoms with Crippen LogP contribution in [0.15, 0.2) is 71.2 Å². The Morgan fingerprint density at radius 2 is 1.58 bits per heavy atom. The lowest BCUT2D eigenvalue weighted by Gasteiger charge is -2.14. The van der Waals surface area contributed by atoms with Crippen LogP contribution < -0.4 is 20.1 Å². The Labute approximate surface area is 201 Å². The predicted octanol–water partition coefficient (Wildman–Crippen LogP) is 5.38. The third kappa shape index (κ3) is 6.81. The Balaban J connectivity index is 1.77. The highest BCUT2D eigenvalue weighted by Gasteiger charge is 2.18. The average Bonchev–Trinajstić information content (AvgIpc) is 2.82. The third-order valence-corrected chi connectivity index (χ3v) is 5.07. The molecule has 0 spiro atoms. The first-order chi connectivity index (χ1) is 16.0. The highest BCUT2D eigenvalue weighted by Crippen LogP contribution is 2.26. The topological polar surface area (TPSA) is 85.9 Å². The molecular weight excluding hydrogens is 488 g/mol. The summed E-state index contributed by atoms with van der Waals surface area (Å²) in [7, 11) is 1.58. The van der Waals surface area contributed by atoms with E-state index < -0.39 is 5.91 Å². The van der Waals surface area contributed by atoms with Crippen LogP contribution in [-0.4, -0.2) is 38.7 Å². The second-order valence-electron chi connectivity index (χ2n) is 6.89. The first kappa shape index (κ1) is 24.3. The Bertz CT molecular complexity index is 1100. The van der Waals surface area contributed by atoms with E-state index in [1.165, 1.54) is 0 Å². The van der Waals surface area contributed by atoms with E-state index in [1.54, 1.807) is 73.8 Å². The predicted molar refractivity (Wildman–Crippen MR) is 131 cm³/mol. The maximum atomic E-state index is 13.1. The summed E-state index contributed by atoms with van der Waals surface area (Å²) >= 11 is 3.39. The van der Waals surface area contributed by atoms with Crippen molar-refractivity contribution < 1.29 is 23.8 Å². The number of carbonyl (C=O) groups is 2. The highest BCUT2D eigenvalue weighted by atomic mass is 79.9. The fourth-order valence-electron chi connectivity index (χ4n) is 3.02. The van der Waals surface area contributed by atoms with Crippen molar-refractivity contribution in [2.45, 2.75) is 6.92 Å². The second kappa shape index (κ2) is 12.0. The van der Waals surface area contributed by atoms with Crippen LogP contribution in [0.5, 0.6) is 11.5 Å². The molecule has 0 atom stereocenters. The van der Waals surface area contributed by atoms with Crippen LogP contribution in [0.4, 0.5) is 11.4 Å². The molecule has 3 rings (SSSR count). The lowest BCUT2D eigenvalue weighted by molar-refractivity contribution is 0.101. The number of rotatable bonds is 10. The normalized spacial score (nSPS) is 10.4. The highest BCUT2D eigenvalue weighted by molar-refractivity contribution is 9.10. The van der Waals surface area contributed by atoms with Gasteiger partial charge in [0.05, 0.1) is 30.0 Å². The first-order valence-corrected chi connectivity index (χ1v) is 11.2. The molecule has 0 bridgehead atoms. The number of anilines is 2. The maximum absolute atomic E-state index is 13.1. The number of hydrogen-bond donors (Lipinski definition) is 2. The molecule has 8 heteroatoms. The van der Waals surface area contributed by atoms with E-state index in [-0.39, 0.29) is 5.91 Å². The zero-order valence-corrected chi connectivity index (χ0v) is 20.0. The van der Waals surface area contributed by atoms with Crippen molar-refractivity contribution in [3.05, 3.63) is 82.3 Å². The summed E-state index contributed by atoms with van der Waals surface area (Å²) in [6, 6.07) is 19.1. The molecule has 0 aliphatic carbocycles. The number of methoxy groups -OCH3 is 1. The number of nitrogens with one attached hydrogen (secondary N) is 2. The molecule has 0 fully saturated rings. The van der Waals surface area contributed by atoms with Gasteiger partial charge >= 0.3 is 0 Å². The molecule has 0 aromatic heterocycles. The van der Waals surface area contributed by atoms with Crippen LogP contribution in [0, 0.1) is 0 Å². The molecule has 172 valence electrons. The second-order valence-corrected chi connectivity index (χ2v) is 7.81. The molecule has 0 saturated heterocycles. The molecule has 3 aromatic rings. The van der Waals surface area contributed by atoms with Crippen LogP contribution in [0.25, 0.3) is 0 Å². The van der Waals surface area contributed by atoms with Crippen LogP contribution in [-0.2, 0) is 4.74 Å². The Kier molecular flexibility index (Phi) is 8.86. The molecule has 0 aliphatic rings. The van der Waals surface area contributed by atoms with Crippen molar-refractivity contribution in [3.8, 4) is 11.5 Å². The number of carbonyl (C=O) groups excluding carboxylic acids is 2. The van der Waals surface area contributed by atoms with Gasteiger partial charge in [0.15, 0.2) is 0 Å². The lowest BCUT2D eigenvalue weighted by atomic mass is 10.1. The van der Waals surface area contributed by atoms with E-state index >= 15 is 0 Å². The minimum absolute atomic E-state index is 0.305. The van der Waals surface area contributed by atoms with E-state index in [1.807, 2.05) is 6.92 Å². The van der Waals surface area contributed by atoms with Gasteiger partial charge in [-0.25, -0.2) is 0 Å². The minimum atomic E-state index is -0.398. The van der Waals surface area contributed by atoms with Crippen LogP contribution >= 0.6 is 15.9 Å². The van der Waals surface area contributed by atoms with Gasteiger partial charge < -0.3 is 24.8 Å². The fraction of sp³-hybridized carbons (Fsp3) is 0.200. The van der Waals surface area contributed by atoms with Crippen LogP contribution in [0.1, 0.15) is 27.6 Å². The maximum Gasteiger partial charge on any atom is 0.259 e. The largest absolute Gasteiger partial charge is 0.494 e. The van der Waals surface area contributed by atoms with E-state index in [9.17, 15) is 9.59 Å². The van der Waals surface area contributed by atoms with Crippen molar-refractivity contribution in [1.82, 2.24) is 0 Å². The van der Waals surface area contributed by atoms with Crippen molar-refractivity contribution >= 4 is 39.1 Å². The van der Waals surface area contributed by atoms with Crippen molar-refractivity contribution in [2.75, 3.05) is 37.6 Å². The number of hydrogen-bond acceptors (Lipinski definition) is 5. The molecule has 0 radical (unpaired) electrons. The van der Waals surface area contributed by atoms with Gasteiger partial charge in [-0.15, -0.1) is 0 Å². The molecule has 33 heavy (non-hydrogen) atoms. The molecule has 0 saturated carbocycles. The van der Waals surface area contributed by atoms with E-state index in [4.69, 9.17) is 14.2 Å². The standard InChI is InChI=1S/C25H25BrN2O5/c1-3-32-19-11-9-18(10-12-19)27-24(29)20-6-4-5-7-22(20)28-25(30)21-16-17(26)8-13-23(21)33-15-14-31-2/h4-13,16H,3,14-15H2,1-2H3,(H,27,29)(H,28,30). The number of benzene rings is 3. The average molecular weight is 513 g/mol. The zero-order chi connectivity index (χ0) is 23.6. The Morgan fingerprint density at radius 3 is 2.30 bits per heavy atom. The summed E-state index contributed by atoms with van der Waals surface area (Å²) in [6.45, 7) is 3.17. The summed E-state index contributed by atoms with van der Waals surface area (Å²) in [4.78, 5) is 26.0. The molecule has 0 unspecified atom stereocenters. The molecule has 0 heterocycles. The lowest BCUT2D eigenvalue weighted by Crippen LogP contribution is -2.19. The van der Waals surface area contributed by atoms with Crippen LogP contribution in [0.2, 0.25) is 0 Å². The number of ether oxygens (including phenoxy) is 3. The van der Waals surface area contributed by atoms with Crippen molar-refractivity contribution in [2.24, 2.45) is 0 Å². The molecule has 2 amide bonds. The molecule has 3 aromatic carbocycles. The smallest absolute Gasteiger partial charge is 0.259 e. The summed E-state index contributed by atoms with van der Waals surface area (Å²) in [5.41, 5.74) is 1.66. The first-order valence-electron chi connectivity index (χ1n) is 10.4. The van der Waals surface area contributed by atoms with Gasteiger partial charge in [0.25, 0.3) is 11.8 Å². The Morgan fingerprint density at radius 1 is 0.848 bits per heavy atom. The summed E-state index contributed by atoms with van der Waals surface area (Å²) < 4.78 is 16.8. The SMILES string of the molecule is CCOc1ccc(NC(=O)c2ccccc2NC(=O)c2cc(Br)ccc2OCCOC)cc1. The van der Waals surface area contributed by atoms with Gasteiger partial charge in [-0.3, -0.25) is 9.59 Å². The van der Waals surface area contributed by atoms with Gasteiger partial charge in [-0.1, -0.05) is 28.1 Å². The summed E-state index contributed by atoms with van der Waals surface area (Å²) in [6.07, 6.45) is 0.